The number of imide groups is 1. The molecule has 1 saturated heterocycles. The maximum absolute atomic E-state index is 13.8. The highest BCUT2D eigenvalue weighted by Gasteiger charge is 2.49. The molecule has 1 saturated carbocycles. The van der Waals surface area contributed by atoms with Crippen LogP contribution in [0.4, 0.5) is 5.69 Å². The third-order valence-corrected chi connectivity index (χ3v) is 9.31. The summed E-state index contributed by atoms with van der Waals surface area (Å²) in [7, 11) is -3.97. The van der Waals surface area contributed by atoms with Gasteiger partial charge in [-0.15, -0.1) is 0 Å². The molecule has 9 heteroatoms. The zero-order chi connectivity index (χ0) is 22.9. The van der Waals surface area contributed by atoms with Crippen molar-refractivity contribution in [2.45, 2.75) is 61.9 Å². The summed E-state index contributed by atoms with van der Waals surface area (Å²) in [5.74, 6) is -0.841. The SMILES string of the molecule is O=C1CC(N(C2CCCCCC2)S(=O)(=O)c2ccc(Br)cc2)C(=O)N1c1ccc(I)cc1. The quantitative estimate of drug-likeness (QED) is 0.262. The third-order valence-electron chi connectivity index (χ3n) is 6.09. The normalized spacial score (nSPS) is 20.7. The number of hydrogen-bond donors (Lipinski definition) is 0. The van der Waals surface area contributed by atoms with Crippen molar-refractivity contribution in [3.8, 4) is 0 Å². The van der Waals surface area contributed by atoms with Crippen LogP contribution in [-0.4, -0.2) is 36.6 Å². The van der Waals surface area contributed by atoms with Crippen LogP contribution in [0.3, 0.4) is 0 Å². The minimum Gasteiger partial charge on any atom is -0.274 e. The van der Waals surface area contributed by atoms with E-state index in [4.69, 9.17) is 0 Å². The molecule has 0 aromatic heterocycles. The average Bonchev–Trinajstić information content (AvgIpc) is 2.93. The van der Waals surface area contributed by atoms with Crippen molar-refractivity contribution in [2.75, 3.05) is 4.90 Å². The molecule has 4 rings (SSSR count). The fraction of sp³-hybridized carbons (Fsp3) is 0.391. The zero-order valence-corrected chi connectivity index (χ0v) is 22.0. The summed E-state index contributed by atoms with van der Waals surface area (Å²) in [6.07, 6.45) is 5.16. The van der Waals surface area contributed by atoms with Crippen LogP contribution in [0.1, 0.15) is 44.9 Å². The molecule has 170 valence electrons. The lowest BCUT2D eigenvalue weighted by Crippen LogP contribution is -2.50. The fourth-order valence-corrected chi connectivity index (χ4v) is 6.99. The lowest BCUT2D eigenvalue weighted by molar-refractivity contribution is -0.122. The first-order valence-electron chi connectivity index (χ1n) is 10.7. The standard InChI is InChI=1S/C23H24BrIN2O4S/c24-16-7-13-20(14-8-16)32(30,31)27(19-5-3-1-2-4-6-19)21-15-22(28)26(23(21)29)18-11-9-17(25)10-12-18/h7-14,19,21H,1-6,15H2. The van der Waals surface area contributed by atoms with E-state index >= 15 is 0 Å². The van der Waals surface area contributed by atoms with Gasteiger partial charge in [0.15, 0.2) is 0 Å². The number of nitrogens with zero attached hydrogens (tertiary/aromatic N) is 2. The molecule has 2 fully saturated rings. The van der Waals surface area contributed by atoms with Gasteiger partial charge in [-0.05, 0) is 84.0 Å². The molecule has 0 N–H and O–H groups in total. The topological polar surface area (TPSA) is 74.8 Å². The molecule has 0 bridgehead atoms. The predicted octanol–water partition coefficient (Wildman–Crippen LogP) is 5.10. The monoisotopic (exact) mass is 630 g/mol. The van der Waals surface area contributed by atoms with Crippen LogP contribution in [-0.2, 0) is 19.6 Å². The Morgan fingerprint density at radius 2 is 1.50 bits per heavy atom. The molecule has 2 aliphatic rings. The minimum absolute atomic E-state index is 0.137. The van der Waals surface area contributed by atoms with E-state index in [2.05, 4.69) is 38.5 Å². The van der Waals surface area contributed by atoms with Crippen LogP contribution < -0.4 is 4.90 Å². The lowest BCUT2D eigenvalue weighted by atomic mass is 10.1. The molecule has 1 heterocycles. The van der Waals surface area contributed by atoms with Gasteiger partial charge in [-0.25, -0.2) is 13.3 Å². The van der Waals surface area contributed by atoms with Crippen LogP contribution in [0.25, 0.3) is 0 Å². The molecule has 1 aliphatic carbocycles. The molecule has 0 spiro atoms. The molecule has 2 amide bonds. The van der Waals surface area contributed by atoms with Crippen LogP contribution in [0.15, 0.2) is 57.9 Å². The van der Waals surface area contributed by atoms with Gasteiger partial charge in [0.05, 0.1) is 17.0 Å². The number of benzene rings is 2. The Morgan fingerprint density at radius 1 is 0.906 bits per heavy atom. The first-order chi connectivity index (χ1) is 15.3. The van der Waals surface area contributed by atoms with Crippen molar-refractivity contribution < 1.29 is 18.0 Å². The van der Waals surface area contributed by atoms with Gasteiger partial charge in [0.2, 0.25) is 15.9 Å². The van der Waals surface area contributed by atoms with Gasteiger partial charge in [0.1, 0.15) is 6.04 Å². The molecule has 1 atom stereocenters. The van der Waals surface area contributed by atoms with E-state index in [1.807, 2.05) is 12.1 Å². The molecule has 0 radical (unpaired) electrons. The number of rotatable bonds is 5. The summed E-state index contributed by atoms with van der Waals surface area (Å²) in [4.78, 5) is 27.7. The van der Waals surface area contributed by atoms with Gasteiger partial charge in [-0.1, -0.05) is 41.6 Å². The molecule has 32 heavy (non-hydrogen) atoms. The number of halogens is 2. The van der Waals surface area contributed by atoms with Gasteiger partial charge in [-0.2, -0.15) is 4.31 Å². The van der Waals surface area contributed by atoms with E-state index in [0.717, 1.165) is 38.6 Å². The van der Waals surface area contributed by atoms with E-state index in [-0.39, 0.29) is 23.3 Å². The maximum Gasteiger partial charge on any atom is 0.252 e. The second kappa shape index (κ2) is 9.90. The van der Waals surface area contributed by atoms with E-state index in [1.165, 1.54) is 4.31 Å². The summed E-state index contributed by atoms with van der Waals surface area (Å²) in [5, 5.41) is 0. The Kier molecular flexibility index (Phi) is 7.38. The number of hydrogen-bond acceptors (Lipinski definition) is 4. The van der Waals surface area contributed by atoms with Crippen LogP contribution in [0.2, 0.25) is 0 Å². The van der Waals surface area contributed by atoms with Gasteiger partial charge >= 0.3 is 0 Å². The van der Waals surface area contributed by atoms with Crippen molar-refractivity contribution in [1.82, 2.24) is 4.31 Å². The van der Waals surface area contributed by atoms with Gasteiger partial charge in [-0.3, -0.25) is 9.59 Å². The van der Waals surface area contributed by atoms with E-state index in [9.17, 15) is 18.0 Å². The van der Waals surface area contributed by atoms with E-state index in [0.29, 0.717) is 18.5 Å². The molecule has 1 aliphatic heterocycles. The van der Waals surface area contributed by atoms with Gasteiger partial charge < -0.3 is 0 Å². The molecule has 1 unspecified atom stereocenters. The van der Waals surface area contributed by atoms with Crippen LogP contribution >= 0.6 is 38.5 Å². The maximum atomic E-state index is 13.8. The molecule has 2 aromatic rings. The summed E-state index contributed by atoms with van der Waals surface area (Å²) in [5.41, 5.74) is 0.477. The van der Waals surface area contributed by atoms with E-state index < -0.39 is 22.0 Å². The second-order valence-corrected chi connectivity index (χ2v) is 12.2. The zero-order valence-electron chi connectivity index (χ0n) is 17.4. The Hall–Kier alpha value is -1.30. The number of carbonyl (C=O) groups is 2. The first kappa shape index (κ1) is 23.8. The summed E-state index contributed by atoms with van der Waals surface area (Å²) >= 11 is 5.50. The molecular formula is C23H24BrIN2O4S. The van der Waals surface area contributed by atoms with E-state index in [1.54, 1.807) is 36.4 Å². The number of sulfonamides is 1. The largest absolute Gasteiger partial charge is 0.274 e. The van der Waals surface area contributed by atoms with Gasteiger partial charge in [0.25, 0.3) is 5.91 Å². The van der Waals surface area contributed by atoms with Crippen LogP contribution in [0, 0.1) is 3.57 Å². The van der Waals surface area contributed by atoms with Crippen molar-refractivity contribution in [1.29, 1.82) is 0 Å². The molecule has 2 aromatic carbocycles. The Balaban J connectivity index is 1.74. The highest BCUT2D eigenvalue weighted by Crippen LogP contribution is 2.35. The lowest BCUT2D eigenvalue weighted by Gasteiger charge is -2.33. The minimum atomic E-state index is -3.97. The Bertz CT molecular complexity index is 1100. The smallest absolute Gasteiger partial charge is 0.252 e. The van der Waals surface area contributed by atoms with Gasteiger partial charge in [0, 0.05) is 14.1 Å². The summed E-state index contributed by atoms with van der Waals surface area (Å²) in [6, 6.07) is 12.2. The number of amides is 2. The van der Waals surface area contributed by atoms with Crippen molar-refractivity contribution in [2.24, 2.45) is 0 Å². The third kappa shape index (κ3) is 4.80. The summed E-state index contributed by atoms with van der Waals surface area (Å²) < 4.78 is 30.7. The first-order valence-corrected chi connectivity index (χ1v) is 14.0. The van der Waals surface area contributed by atoms with Crippen molar-refractivity contribution in [3.05, 3.63) is 56.6 Å². The average molecular weight is 631 g/mol. The second-order valence-electron chi connectivity index (χ2n) is 8.20. The number of anilines is 1. The highest BCUT2D eigenvalue weighted by molar-refractivity contribution is 14.1. The fourth-order valence-electron chi connectivity index (χ4n) is 4.53. The molecule has 6 nitrogen and oxygen atoms in total. The van der Waals surface area contributed by atoms with Crippen molar-refractivity contribution >= 4 is 66.0 Å². The number of carbonyl (C=O) groups excluding carboxylic acids is 2. The van der Waals surface area contributed by atoms with Crippen molar-refractivity contribution in [3.63, 3.8) is 0 Å². The highest BCUT2D eigenvalue weighted by atomic mass is 127. The van der Waals surface area contributed by atoms with Crippen LogP contribution in [0.5, 0.6) is 0 Å². The Morgan fingerprint density at radius 3 is 2.09 bits per heavy atom. The molecular weight excluding hydrogens is 607 g/mol. The summed E-state index contributed by atoms with van der Waals surface area (Å²) in [6.45, 7) is 0. The predicted molar refractivity (Wildman–Crippen MR) is 135 cm³/mol. The Labute approximate surface area is 210 Å².